The maximum Gasteiger partial charge on any atom is -0.0414 e. The van der Waals surface area contributed by atoms with Gasteiger partial charge in [0, 0.05) is 0 Å². The smallest absolute Gasteiger partial charge is 0.0414 e. The minimum atomic E-state index is 0.886. The number of rotatable bonds is 12. The predicted molar refractivity (Wildman–Crippen MR) is 85.0 cm³/mol. The highest BCUT2D eigenvalue weighted by Crippen LogP contribution is 2.24. The van der Waals surface area contributed by atoms with E-state index < -0.39 is 0 Å². The molecule has 0 saturated heterocycles. The van der Waals surface area contributed by atoms with E-state index in [9.17, 15) is 0 Å². The summed E-state index contributed by atoms with van der Waals surface area (Å²) in [4.78, 5) is 0. The van der Waals surface area contributed by atoms with E-state index in [4.69, 9.17) is 0 Å². The van der Waals surface area contributed by atoms with Gasteiger partial charge in [-0.25, -0.2) is 0 Å². The fourth-order valence-corrected chi connectivity index (χ4v) is 3.05. The van der Waals surface area contributed by atoms with Crippen LogP contribution in [0.15, 0.2) is 0 Å². The van der Waals surface area contributed by atoms with E-state index in [0.717, 1.165) is 17.8 Å². The van der Waals surface area contributed by atoms with Gasteiger partial charge in [0.05, 0.1) is 0 Å². The summed E-state index contributed by atoms with van der Waals surface area (Å²) < 4.78 is 0. The standard InChI is InChI=1S/C18H38/c1-6-10-17(5)13-9-15-18(11-7-2)14-8-12-16(3)4/h16-18H,6-15H2,1-5H3. The second kappa shape index (κ2) is 12.1. The van der Waals surface area contributed by atoms with Crippen LogP contribution in [0.1, 0.15) is 98.8 Å². The summed E-state index contributed by atoms with van der Waals surface area (Å²) in [7, 11) is 0. The van der Waals surface area contributed by atoms with Crippen molar-refractivity contribution in [2.24, 2.45) is 17.8 Å². The van der Waals surface area contributed by atoms with E-state index in [2.05, 4.69) is 34.6 Å². The Morgan fingerprint density at radius 2 is 1.17 bits per heavy atom. The molecule has 2 atom stereocenters. The molecular weight excluding hydrogens is 216 g/mol. The van der Waals surface area contributed by atoms with Crippen molar-refractivity contribution in [2.45, 2.75) is 98.8 Å². The summed E-state index contributed by atoms with van der Waals surface area (Å²) >= 11 is 0. The van der Waals surface area contributed by atoms with E-state index in [-0.39, 0.29) is 0 Å². The molecule has 0 heteroatoms. The zero-order valence-electron chi connectivity index (χ0n) is 13.8. The van der Waals surface area contributed by atoms with Gasteiger partial charge < -0.3 is 0 Å². The third kappa shape index (κ3) is 11.1. The van der Waals surface area contributed by atoms with Crippen molar-refractivity contribution in [3.63, 3.8) is 0 Å². The molecule has 0 aromatic heterocycles. The highest BCUT2D eigenvalue weighted by atomic mass is 14.2. The van der Waals surface area contributed by atoms with Crippen molar-refractivity contribution in [3.8, 4) is 0 Å². The van der Waals surface area contributed by atoms with Crippen molar-refractivity contribution in [3.05, 3.63) is 0 Å². The van der Waals surface area contributed by atoms with Crippen LogP contribution < -0.4 is 0 Å². The quantitative estimate of drug-likeness (QED) is 0.358. The van der Waals surface area contributed by atoms with Gasteiger partial charge in [-0.1, -0.05) is 98.8 Å². The SMILES string of the molecule is CCCC(C)CCCC(CCC)CCCC(C)C. The molecule has 0 fully saturated rings. The summed E-state index contributed by atoms with van der Waals surface area (Å²) in [5.41, 5.74) is 0. The maximum atomic E-state index is 2.43. The summed E-state index contributed by atoms with van der Waals surface area (Å²) in [6.45, 7) is 11.8. The van der Waals surface area contributed by atoms with Gasteiger partial charge in [0.15, 0.2) is 0 Å². The first kappa shape index (κ1) is 18.0. The van der Waals surface area contributed by atoms with Gasteiger partial charge >= 0.3 is 0 Å². The highest BCUT2D eigenvalue weighted by molar-refractivity contribution is 4.62. The van der Waals surface area contributed by atoms with Crippen LogP contribution >= 0.6 is 0 Å². The van der Waals surface area contributed by atoms with E-state index in [1.807, 2.05) is 0 Å². The Morgan fingerprint density at radius 1 is 0.611 bits per heavy atom. The summed E-state index contributed by atoms with van der Waals surface area (Å²) in [6, 6.07) is 0. The lowest BCUT2D eigenvalue weighted by Crippen LogP contribution is -2.03. The van der Waals surface area contributed by atoms with Crippen LogP contribution in [0.5, 0.6) is 0 Å². The van der Waals surface area contributed by atoms with Crippen molar-refractivity contribution >= 4 is 0 Å². The van der Waals surface area contributed by atoms with E-state index >= 15 is 0 Å². The van der Waals surface area contributed by atoms with Crippen LogP contribution in [-0.4, -0.2) is 0 Å². The molecular formula is C18H38. The fourth-order valence-electron chi connectivity index (χ4n) is 3.05. The Labute approximate surface area is 117 Å². The molecule has 0 bridgehead atoms. The third-order valence-corrected chi connectivity index (χ3v) is 4.18. The molecule has 0 rings (SSSR count). The molecule has 0 aromatic carbocycles. The summed E-state index contributed by atoms with van der Waals surface area (Å²) in [6.07, 6.45) is 14.4. The molecule has 0 N–H and O–H groups in total. The van der Waals surface area contributed by atoms with Crippen molar-refractivity contribution in [1.29, 1.82) is 0 Å². The van der Waals surface area contributed by atoms with Crippen LogP contribution in [-0.2, 0) is 0 Å². The van der Waals surface area contributed by atoms with Gasteiger partial charge in [-0.3, -0.25) is 0 Å². The highest BCUT2D eigenvalue weighted by Gasteiger charge is 2.09. The fraction of sp³-hybridized carbons (Fsp3) is 1.00. The minimum absolute atomic E-state index is 0.886. The second-order valence-electron chi connectivity index (χ2n) is 6.80. The number of hydrogen-bond acceptors (Lipinski definition) is 0. The lowest BCUT2D eigenvalue weighted by Gasteiger charge is -2.18. The first-order chi connectivity index (χ1) is 8.60. The molecule has 0 aliphatic heterocycles. The molecule has 18 heavy (non-hydrogen) atoms. The molecule has 2 unspecified atom stereocenters. The Kier molecular flexibility index (Phi) is 12.1. The van der Waals surface area contributed by atoms with Crippen molar-refractivity contribution in [1.82, 2.24) is 0 Å². The van der Waals surface area contributed by atoms with Crippen LogP contribution in [0.2, 0.25) is 0 Å². The van der Waals surface area contributed by atoms with Gasteiger partial charge in [0.2, 0.25) is 0 Å². The van der Waals surface area contributed by atoms with Crippen molar-refractivity contribution in [2.75, 3.05) is 0 Å². The van der Waals surface area contributed by atoms with E-state index in [1.54, 1.807) is 0 Å². The van der Waals surface area contributed by atoms with Gasteiger partial charge in [-0.2, -0.15) is 0 Å². The molecule has 0 aromatic rings. The molecule has 0 spiro atoms. The molecule has 0 saturated carbocycles. The molecule has 0 heterocycles. The van der Waals surface area contributed by atoms with Crippen LogP contribution in [0.25, 0.3) is 0 Å². The molecule has 0 nitrogen and oxygen atoms in total. The lowest BCUT2D eigenvalue weighted by molar-refractivity contribution is 0.353. The first-order valence-corrected chi connectivity index (χ1v) is 8.60. The Hall–Kier alpha value is 0. The van der Waals surface area contributed by atoms with Crippen LogP contribution in [0.3, 0.4) is 0 Å². The van der Waals surface area contributed by atoms with E-state index in [0.29, 0.717) is 0 Å². The minimum Gasteiger partial charge on any atom is -0.0654 e. The van der Waals surface area contributed by atoms with Crippen LogP contribution in [0.4, 0.5) is 0 Å². The third-order valence-electron chi connectivity index (χ3n) is 4.18. The number of hydrogen-bond donors (Lipinski definition) is 0. The van der Waals surface area contributed by atoms with Gasteiger partial charge in [0.25, 0.3) is 0 Å². The Morgan fingerprint density at radius 3 is 1.67 bits per heavy atom. The van der Waals surface area contributed by atoms with Crippen molar-refractivity contribution < 1.29 is 0 Å². The molecule has 0 radical (unpaired) electrons. The zero-order valence-corrected chi connectivity index (χ0v) is 13.8. The van der Waals surface area contributed by atoms with E-state index in [1.165, 1.54) is 64.2 Å². The predicted octanol–water partition coefficient (Wildman–Crippen LogP) is 6.84. The van der Waals surface area contributed by atoms with Gasteiger partial charge in [0.1, 0.15) is 0 Å². The average molecular weight is 255 g/mol. The van der Waals surface area contributed by atoms with Crippen LogP contribution in [0, 0.1) is 17.8 Å². The average Bonchev–Trinajstić information content (AvgIpc) is 2.29. The topological polar surface area (TPSA) is 0 Å². The summed E-state index contributed by atoms with van der Waals surface area (Å²) in [5.74, 6) is 2.85. The second-order valence-corrected chi connectivity index (χ2v) is 6.80. The largest absolute Gasteiger partial charge is 0.0654 e. The van der Waals surface area contributed by atoms with Gasteiger partial charge in [-0.15, -0.1) is 0 Å². The summed E-state index contributed by atoms with van der Waals surface area (Å²) in [5, 5.41) is 0. The normalized spacial score (nSPS) is 15.0. The van der Waals surface area contributed by atoms with Gasteiger partial charge in [-0.05, 0) is 17.8 Å². The Bertz CT molecular complexity index is 159. The first-order valence-electron chi connectivity index (χ1n) is 8.60. The molecule has 110 valence electrons. The molecule has 0 amide bonds. The molecule has 0 aliphatic rings. The monoisotopic (exact) mass is 254 g/mol. The maximum absolute atomic E-state index is 2.43. The zero-order chi connectivity index (χ0) is 13.8. The lowest BCUT2D eigenvalue weighted by atomic mass is 9.88. The molecule has 0 aliphatic carbocycles. The Balaban J connectivity index is 3.68.